The average Bonchev–Trinajstić information content (AvgIpc) is 3.02. The van der Waals surface area contributed by atoms with Crippen molar-refractivity contribution in [3.8, 4) is 0 Å². The van der Waals surface area contributed by atoms with Gasteiger partial charge in [-0.15, -0.1) is 0 Å². The number of hydrogen-bond acceptors (Lipinski definition) is 3. The van der Waals surface area contributed by atoms with Gasteiger partial charge in [0.25, 0.3) is 0 Å². The number of amides is 1. The summed E-state index contributed by atoms with van der Waals surface area (Å²) < 4.78 is 28.6. The Hall–Kier alpha value is -1.70. The normalized spacial score (nSPS) is 13.8. The number of hydrogen-bond donors (Lipinski definition) is 1. The van der Waals surface area contributed by atoms with E-state index < -0.39 is 10.0 Å². The Bertz CT molecular complexity index is 898. The van der Waals surface area contributed by atoms with E-state index in [1.165, 1.54) is 0 Å². The molecule has 0 bridgehead atoms. The van der Waals surface area contributed by atoms with Crippen molar-refractivity contribution in [2.24, 2.45) is 0 Å². The Morgan fingerprint density at radius 3 is 2.64 bits per heavy atom. The van der Waals surface area contributed by atoms with Crippen LogP contribution in [0.2, 0.25) is 0 Å². The van der Waals surface area contributed by atoms with E-state index in [9.17, 15) is 13.2 Å². The maximum absolute atomic E-state index is 12.7. The van der Waals surface area contributed by atoms with E-state index in [1.54, 1.807) is 24.0 Å². The molecule has 25 heavy (non-hydrogen) atoms. The summed E-state index contributed by atoms with van der Waals surface area (Å²) >= 11 is 3.36. The van der Waals surface area contributed by atoms with Gasteiger partial charge in [0.2, 0.25) is 15.9 Å². The number of nitrogens with zero attached hydrogens (tertiary/aromatic N) is 1. The molecule has 0 aliphatic carbocycles. The molecular formula is C18H19BrN2O3S. The lowest BCUT2D eigenvalue weighted by Crippen LogP contribution is -2.28. The van der Waals surface area contributed by atoms with Crippen LogP contribution in [0.25, 0.3) is 0 Å². The second-order valence-electron chi connectivity index (χ2n) is 5.87. The van der Waals surface area contributed by atoms with E-state index in [0.717, 1.165) is 17.5 Å². The topological polar surface area (TPSA) is 66.5 Å². The van der Waals surface area contributed by atoms with Crippen LogP contribution in [0.15, 0.2) is 51.8 Å². The molecule has 1 amide bonds. The highest BCUT2D eigenvalue weighted by atomic mass is 79.9. The Kier molecular flexibility index (Phi) is 5.27. The van der Waals surface area contributed by atoms with Crippen LogP contribution in [0.5, 0.6) is 0 Å². The molecule has 2 aromatic rings. The molecule has 0 saturated carbocycles. The summed E-state index contributed by atoms with van der Waals surface area (Å²) in [5, 5.41) is 0. The minimum atomic E-state index is -3.70. The van der Waals surface area contributed by atoms with E-state index in [-0.39, 0.29) is 17.3 Å². The van der Waals surface area contributed by atoms with Crippen molar-refractivity contribution in [3.63, 3.8) is 0 Å². The van der Waals surface area contributed by atoms with Crippen molar-refractivity contribution in [2.75, 3.05) is 11.4 Å². The van der Waals surface area contributed by atoms with Crippen molar-refractivity contribution in [2.45, 2.75) is 31.2 Å². The Labute approximate surface area is 156 Å². The number of carbonyl (C=O) groups is 1. The third-order valence-corrected chi connectivity index (χ3v) is 6.59. The largest absolute Gasteiger partial charge is 0.312 e. The lowest BCUT2D eigenvalue weighted by atomic mass is 10.2. The van der Waals surface area contributed by atoms with Gasteiger partial charge in [0.05, 0.1) is 4.90 Å². The summed E-state index contributed by atoms with van der Waals surface area (Å²) in [6.07, 6.45) is 1.13. The molecule has 0 fully saturated rings. The van der Waals surface area contributed by atoms with Crippen LogP contribution >= 0.6 is 15.9 Å². The van der Waals surface area contributed by atoms with Gasteiger partial charge in [-0.3, -0.25) is 4.79 Å². The van der Waals surface area contributed by atoms with Crippen LogP contribution in [0.3, 0.4) is 0 Å². The summed E-state index contributed by atoms with van der Waals surface area (Å²) in [6.45, 7) is 2.61. The number of anilines is 1. The van der Waals surface area contributed by atoms with Crippen molar-refractivity contribution in [3.05, 3.63) is 58.1 Å². The predicted octanol–water partition coefficient (Wildman–Crippen LogP) is 3.23. The monoisotopic (exact) mass is 422 g/mol. The molecule has 7 heteroatoms. The third-order valence-electron chi connectivity index (χ3n) is 4.23. The highest BCUT2D eigenvalue weighted by molar-refractivity contribution is 9.10. The van der Waals surface area contributed by atoms with Gasteiger partial charge in [-0.25, -0.2) is 13.1 Å². The fourth-order valence-corrected chi connectivity index (χ4v) is 5.02. The second kappa shape index (κ2) is 7.27. The van der Waals surface area contributed by atoms with E-state index in [0.29, 0.717) is 23.1 Å². The van der Waals surface area contributed by atoms with Gasteiger partial charge in [0.1, 0.15) is 0 Å². The van der Waals surface area contributed by atoms with Crippen LogP contribution in [-0.4, -0.2) is 20.9 Å². The van der Waals surface area contributed by atoms with Crippen molar-refractivity contribution < 1.29 is 13.2 Å². The SMILES string of the molecule is CCC(=O)N1CCc2cc(Br)c(S(=O)(=O)NCc3ccccc3)cc21. The van der Waals surface area contributed by atoms with Crippen molar-refractivity contribution in [1.29, 1.82) is 0 Å². The van der Waals surface area contributed by atoms with Gasteiger partial charge >= 0.3 is 0 Å². The van der Waals surface area contributed by atoms with Crippen LogP contribution in [0, 0.1) is 0 Å². The molecule has 0 spiro atoms. The molecule has 132 valence electrons. The van der Waals surface area contributed by atoms with Crippen molar-refractivity contribution in [1.82, 2.24) is 4.72 Å². The summed E-state index contributed by atoms with van der Waals surface area (Å²) in [4.78, 5) is 13.9. The fourth-order valence-electron chi connectivity index (χ4n) is 2.90. The molecule has 0 atom stereocenters. The van der Waals surface area contributed by atoms with Gasteiger partial charge in [0.15, 0.2) is 0 Å². The minimum Gasteiger partial charge on any atom is -0.312 e. The molecule has 5 nitrogen and oxygen atoms in total. The first-order valence-electron chi connectivity index (χ1n) is 8.08. The zero-order valence-electron chi connectivity index (χ0n) is 13.8. The molecule has 1 heterocycles. The smallest absolute Gasteiger partial charge is 0.242 e. The summed E-state index contributed by atoms with van der Waals surface area (Å²) in [6, 6.07) is 12.7. The average molecular weight is 423 g/mol. The highest BCUT2D eigenvalue weighted by Gasteiger charge is 2.28. The predicted molar refractivity (Wildman–Crippen MR) is 101 cm³/mol. The zero-order chi connectivity index (χ0) is 18.0. The Balaban J connectivity index is 1.90. The van der Waals surface area contributed by atoms with E-state index in [1.807, 2.05) is 30.3 Å². The number of sulfonamides is 1. The standard InChI is InChI=1S/C18H19BrN2O3S/c1-2-18(22)21-9-8-14-10-15(19)17(11-16(14)21)25(23,24)20-12-13-6-4-3-5-7-13/h3-7,10-11,20H,2,8-9,12H2,1H3. The van der Waals surface area contributed by atoms with Gasteiger partial charge in [-0.2, -0.15) is 0 Å². The molecule has 1 aliphatic rings. The molecule has 0 saturated heterocycles. The number of fused-ring (bicyclic) bond motifs is 1. The van der Waals surface area contributed by atoms with Gasteiger partial charge in [-0.05, 0) is 45.6 Å². The van der Waals surface area contributed by atoms with Crippen LogP contribution in [0.1, 0.15) is 24.5 Å². The summed E-state index contributed by atoms with van der Waals surface area (Å²) in [5.41, 5.74) is 2.55. The summed E-state index contributed by atoms with van der Waals surface area (Å²) in [5.74, 6) is 0.00154. The fraction of sp³-hybridized carbons (Fsp3) is 0.278. The van der Waals surface area contributed by atoms with E-state index >= 15 is 0 Å². The number of benzene rings is 2. The highest BCUT2D eigenvalue weighted by Crippen LogP contribution is 2.35. The Morgan fingerprint density at radius 2 is 1.96 bits per heavy atom. The second-order valence-corrected chi connectivity index (χ2v) is 8.46. The molecule has 0 radical (unpaired) electrons. The number of nitrogens with one attached hydrogen (secondary N) is 1. The molecule has 2 aromatic carbocycles. The lowest BCUT2D eigenvalue weighted by molar-refractivity contribution is -0.118. The summed E-state index contributed by atoms with van der Waals surface area (Å²) in [7, 11) is -3.70. The molecule has 0 unspecified atom stereocenters. The maximum atomic E-state index is 12.7. The molecular weight excluding hydrogens is 404 g/mol. The first-order chi connectivity index (χ1) is 11.9. The molecule has 0 aromatic heterocycles. The molecule has 3 rings (SSSR count). The zero-order valence-corrected chi connectivity index (χ0v) is 16.2. The van der Waals surface area contributed by atoms with Gasteiger partial charge < -0.3 is 4.90 Å². The lowest BCUT2D eigenvalue weighted by Gasteiger charge is -2.18. The first-order valence-corrected chi connectivity index (χ1v) is 10.4. The Morgan fingerprint density at radius 1 is 1.24 bits per heavy atom. The van der Waals surface area contributed by atoms with Crippen LogP contribution in [0.4, 0.5) is 5.69 Å². The van der Waals surface area contributed by atoms with Crippen LogP contribution in [-0.2, 0) is 27.8 Å². The van der Waals surface area contributed by atoms with Gasteiger partial charge in [-0.1, -0.05) is 37.3 Å². The molecule has 1 aliphatic heterocycles. The van der Waals surface area contributed by atoms with Gasteiger partial charge in [0, 0.05) is 29.7 Å². The number of carbonyl (C=O) groups excluding carboxylic acids is 1. The quantitative estimate of drug-likeness (QED) is 0.803. The van der Waals surface area contributed by atoms with Crippen molar-refractivity contribution >= 4 is 37.5 Å². The third kappa shape index (κ3) is 3.78. The molecule has 1 N–H and O–H groups in total. The van der Waals surface area contributed by atoms with E-state index in [2.05, 4.69) is 20.7 Å². The minimum absolute atomic E-state index is 0.00154. The maximum Gasteiger partial charge on any atom is 0.242 e. The number of halogens is 1. The van der Waals surface area contributed by atoms with E-state index in [4.69, 9.17) is 0 Å². The van der Waals surface area contributed by atoms with Crippen LogP contribution < -0.4 is 9.62 Å². The first kappa shape index (κ1) is 18.1. The number of rotatable bonds is 5.